The van der Waals surface area contributed by atoms with Crippen molar-refractivity contribution in [2.45, 2.75) is 22.5 Å². The quantitative estimate of drug-likeness (QED) is 0.333. The average Bonchev–Trinajstić information content (AvgIpc) is 3.17. The van der Waals surface area contributed by atoms with E-state index in [0.29, 0.717) is 12.1 Å². The third-order valence-corrected chi connectivity index (χ3v) is 5.00. The molecule has 3 aromatic rings. The Balaban J connectivity index is 2.07. The maximum atomic E-state index is 13.1. The van der Waals surface area contributed by atoms with Gasteiger partial charge in [0, 0.05) is 19.7 Å². The Morgan fingerprint density at radius 2 is 1.60 bits per heavy atom. The molecule has 0 saturated carbocycles. The number of aryl methyl sites for hydroxylation is 2. The molecule has 0 atom stereocenters. The monoisotopic (exact) mass is 452 g/mol. The lowest BCUT2D eigenvalue weighted by Gasteiger charge is -2.13. The molecular formula is C15H10F6N6O2S. The molecule has 0 amide bonds. The van der Waals surface area contributed by atoms with E-state index in [4.69, 9.17) is 0 Å². The van der Waals surface area contributed by atoms with Crippen molar-refractivity contribution >= 4 is 17.6 Å². The molecule has 160 valence electrons. The zero-order valence-corrected chi connectivity index (χ0v) is 15.8. The van der Waals surface area contributed by atoms with E-state index < -0.39 is 45.6 Å². The van der Waals surface area contributed by atoms with E-state index in [2.05, 4.69) is 15.1 Å². The van der Waals surface area contributed by atoms with Crippen molar-refractivity contribution in [3.05, 3.63) is 45.8 Å². The minimum Gasteiger partial charge on any atom is -0.358 e. The smallest absolute Gasteiger partial charge is 0.358 e. The van der Waals surface area contributed by atoms with E-state index in [1.807, 2.05) is 0 Å². The van der Waals surface area contributed by atoms with Crippen LogP contribution in [0.25, 0.3) is 11.4 Å². The SMILES string of the molecule is Cn1cnc([N+](=O)[O-])c1Sc1nc(-c2cc(C(F)(F)F)cc(C(F)(F)F)c2)nn1C. The maximum absolute atomic E-state index is 13.1. The van der Waals surface area contributed by atoms with Gasteiger partial charge >= 0.3 is 18.2 Å². The van der Waals surface area contributed by atoms with Gasteiger partial charge in [0.2, 0.25) is 6.33 Å². The van der Waals surface area contributed by atoms with Crippen LogP contribution >= 0.6 is 11.8 Å². The van der Waals surface area contributed by atoms with E-state index in [1.54, 1.807) is 0 Å². The zero-order chi connectivity index (χ0) is 22.4. The van der Waals surface area contributed by atoms with E-state index in [1.165, 1.54) is 25.0 Å². The molecule has 15 heteroatoms. The van der Waals surface area contributed by atoms with Gasteiger partial charge in [0.25, 0.3) is 0 Å². The van der Waals surface area contributed by atoms with Crippen LogP contribution in [-0.4, -0.2) is 29.2 Å². The Hall–Kier alpha value is -3.10. The number of hydrogen-bond donors (Lipinski definition) is 0. The topological polar surface area (TPSA) is 91.7 Å². The van der Waals surface area contributed by atoms with Crippen LogP contribution in [0.2, 0.25) is 0 Å². The molecule has 0 aliphatic heterocycles. The van der Waals surface area contributed by atoms with Gasteiger partial charge in [-0.05, 0) is 39.9 Å². The van der Waals surface area contributed by atoms with E-state index in [-0.39, 0.29) is 16.2 Å². The summed E-state index contributed by atoms with van der Waals surface area (Å²) in [6.45, 7) is 0. The van der Waals surface area contributed by atoms with Crippen molar-refractivity contribution in [3.63, 3.8) is 0 Å². The Morgan fingerprint density at radius 3 is 2.10 bits per heavy atom. The number of nitrogens with zero attached hydrogens (tertiary/aromatic N) is 6. The van der Waals surface area contributed by atoms with Crippen LogP contribution in [-0.2, 0) is 26.4 Å². The zero-order valence-electron chi connectivity index (χ0n) is 15.0. The van der Waals surface area contributed by atoms with Crippen LogP contribution < -0.4 is 0 Å². The molecule has 2 aromatic heterocycles. The predicted octanol–water partition coefficient (Wildman–Crippen LogP) is 4.31. The van der Waals surface area contributed by atoms with Gasteiger partial charge in [-0.2, -0.15) is 31.4 Å². The summed E-state index contributed by atoms with van der Waals surface area (Å²) in [6, 6.07) is 1.01. The lowest BCUT2D eigenvalue weighted by molar-refractivity contribution is -0.392. The number of alkyl halides is 6. The van der Waals surface area contributed by atoms with Crippen LogP contribution in [0, 0.1) is 10.1 Å². The Morgan fingerprint density at radius 1 is 1.03 bits per heavy atom. The van der Waals surface area contributed by atoms with Crippen LogP contribution in [0.5, 0.6) is 0 Å². The van der Waals surface area contributed by atoms with Gasteiger partial charge in [-0.15, -0.1) is 0 Å². The molecule has 2 heterocycles. The number of hydrogen-bond acceptors (Lipinski definition) is 6. The molecule has 0 spiro atoms. The first-order valence-electron chi connectivity index (χ1n) is 7.82. The van der Waals surface area contributed by atoms with Gasteiger partial charge < -0.3 is 14.7 Å². The first kappa shape index (κ1) is 21.6. The number of nitro groups is 1. The van der Waals surface area contributed by atoms with Crippen molar-refractivity contribution < 1.29 is 31.3 Å². The molecule has 0 unspecified atom stereocenters. The molecule has 0 bridgehead atoms. The summed E-state index contributed by atoms with van der Waals surface area (Å²) < 4.78 is 80.8. The number of imidazole rings is 1. The standard InChI is InChI=1S/C15H10F6N6O2S/c1-25-6-22-11(27(28)29)12(25)30-13-23-10(24-26(13)2)7-3-8(14(16,17)18)5-9(4-7)15(19,20)21/h3-6H,1-2H3. The largest absolute Gasteiger partial charge is 0.416 e. The fraction of sp³-hybridized carbons (Fsp3) is 0.267. The van der Waals surface area contributed by atoms with Gasteiger partial charge in [-0.3, -0.25) is 0 Å². The van der Waals surface area contributed by atoms with Crippen molar-refractivity contribution in [3.8, 4) is 11.4 Å². The van der Waals surface area contributed by atoms with Crippen molar-refractivity contribution in [2.24, 2.45) is 14.1 Å². The highest BCUT2D eigenvalue weighted by atomic mass is 32.2. The Kier molecular flexibility index (Phi) is 5.26. The summed E-state index contributed by atoms with van der Waals surface area (Å²) in [5.74, 6) is -0.883. The van der Waals surface area contributed by atoms with E-state index in [0.717, 1.165) is 16.4 Å². The molecule has 0 N–H and O–H groups in total. The molecule has 8 nitrogen and oxygen atoms in total. The third kappa shape index (κ3) is 4.24. The Labute approximate surface area is 167 Å². The second-order valence-electron chi connectivity index (χ2n) is 5.98. The van der Waals surface area contributed by atoms with Crippen molar-refractivity contribution in [2.75, 3.05) is 0 Å². The van der Waals surface area contributed by atoms with Gasteiger partial charge in [-0.1, -0.05) is 0 Å². The summed E-state index contributed by atoms with van der Waals surface area (Å²) in [7, 11) is 2.82. The molecule has 0 aliphatic carbocycles. The molecule has 30 heavy (non-hydrogen) atoms. The first-order chi connectivity index (χ1) is 13.8. The van der Waals surface area contributed by atoms with Crippen molar-refractivity contribution in [1.29, 1.82) is 0 Å². The van der Waals surface area contributed by atoms with Crippen LogP contribution in [0.4, 0.5) is 32.2 Å². The van der Waals surface area contributed by atoms with Gasteiger partial charge in [-0.25, -0.2) is 9.67 Å². The normalized spacial score (nSPS) is 12.4. The molecule has 1 aromatic carbocycles. The number of aromatic nitrogens is 5. The number of rotatable bonds is 4. The Bertz CT molecular complexity index is 1090. The minimum atomic E-state index is -5.02. The van der Waals surface area contributed by atoms with Gasteiger partial charge in [0.05, 0.1) is 11.1 Å². The molecule has 0 aliphatic rings. The highest BCUT2D eigenvalue weighted by Crippen LogP contribution is 2.39. The fourth-order valence-electron chi connectivity index (χ4n) is 2.40. The second-order valence-corrected chi connectivity index (χ2v) is 6.94. The predicted molar refractivity (Wildman–Crippen MR) is 90.4 cm³/mol. The molecule has 0 fully saturated rings. The summed E-state index contributed by atoms with van der Waals surface area (Å²) in [5, 5.41) is 15.0. The first-order valence-corrected chi connectivity index (χ1v) is 8.63. The fourth-order valence-corrected chi connectivity index (χ4v) is 3.29. The minimum absolute atomic E-state index is 0.00109. The lowest BCUT2D eigenvalue weighted by atomic mass is 10.0. The summed E-state index contributed by atoms with van der Waals surface area (Å²) in [5.41, 5.74) is -3.51. The second kappa shape index (κ2) is 7.30. The highest BCUT2D eigenvalue weighted by molar-refractivity contribution is 7.99. The molecular weight excluding hydrogens is 442 g/mol. The summed E-state index contributed by atoms with van der Waals surface area (Å²) >= 11 is 0.741. The van der Waals surface area contributed by atoms with Crippen molar-refractivity contribution in [1.82, 2.24) is 24.3 Å². The lowest BCUT2D eigenvalue weighted by Crippen LogP contribution is -2.11. The van der Waals surface area contributed by atoms with E-state index in [9.17, 15) is 36.5 Å². The molecule has 3 rings (SSSR count). The highest BCUT2D eigenvalue weighted by Gasteiger charge is 2.37. The number of halogens is 6. The maximum Gasteiger partial charge on any atom is 0.416 e. The van der Waals surface area contributed by atoms with Gasteiger partial charge in [0.15, 0.2) is 16.0 Å². The summed E-state index contributed by atoms with van der Waals surface area (Å²) in [4.78, 5) is 17.9. The molecule has 0 radical (unpaired) electrons. The van der Waals surface area contributed by atoms with E-state index >= 15 is 0 Å². The number of benzene rings is 1. The summed E-state index contributed by atoms with van der Waals surface area (Å²) in [6.07, 6.45) is -8.85. The van der Waals surface area contributed by atoms with Crippen LogP contribution in [0.1, 0.15) is 11.1 Å². The van der Waals surface area contributed by atoms with Crippen LogP contribution in [0.3, 0.4) is 0 Å². The van der Waals surface area contributed by atoms with Crippen LogP contribution in [0.15, 0.2) is 34.7 Å². The average molecular weight is 452 g/mol. The molecule has 0 saturated heterocycles. The third-order valence-electron chi connectivity index (χ3n) is 3.79. The van der Waals surface area contributed by atoms with Gasteiger partial charge in [0.1, 0.15) is 0 Å².